The fraction of sp³-hybridized carbons (Fsp3) is 0.263. The third-order valence-corrected chi connectivity index (χ3v) is 5.35. The maximum absolute atomic E-state index is 12.4. The van der Waals surface area contributed by atoms with Gasteiger partial charge in [-0.25, -0.2) is 0 Å². The Balaban J connectivity index is 1.40. The predicted octanol–water partition coefficient (Wildman–Crippen LogP) is 1.72. The summed E-state index contributed by atoms with van der Waals surface area (Å²) in [5.41, 5.74) is 6.24. The molecule has 3 aromatic rings. The molecule has 0 fully saturated rings. The third-order valence-electron chi connectivity index (χ3n) is 4.38. The van der Waals surface area contributed by atoms with Crippen molar-refractivity contribution in [3.63, 3.8) is 0 Å². The lowest BCUT2D eigenvalue weighted by molar-refractivity contribution is -0.119. The number of nitrogens with two attached hydrogens (primary N) is 1. The largest absolute Gasteiger partial charge is 0.461 e. The van der Waals surface area contributed by atoms with Crippen LogP contribution in [0.5, 0.6) is 11.5 Å². The summed E-state index contributed by atoms with van der Waals surface area (Å²) in [7, 11) is 0. The van der Waals surface area contributed by atoms with Gasteiger partial charge in [-0.05, 0) is 36.8 Å². The van der Waals surface area contributed by atoms with Crippen molar-refractivity contribution < 1.29 is 23.5 Å². The number of amides is 2. The molecule has 0 unspecified atom stereocenters. The molecule has 2 aromatic heterocycles. The van der Waals surface area contributed by atoms with E-state index in [0.717, 1.165) is 17.3 Å². The Labute approximate surface area is 175 Å². The van der Waals surface area contributed by atoms with Crippen LogP contribution in [0.2, 0.25) is 0 Å². The Bertz CT molecular complexity index is 1070. The summed E-state index contributed by atoms with van der Waals surface area (Å²) in [4.78, 5) is 23.9. The number of benzene rings is 1. The Morgan fingerprint density at radius 2 is 2.10 bits per heavy atom. The summed E-state index contributed by atoms with van der Waals surface area (Å²) in [5.74, 6) is 1.52. The number of nitrogens with one attached hydrogen (secondary N) is 1. The number of furan rings is 1. The standard InChI is InChI=1S/C19H19N5O5S/c1-11(12-4-5-13-15(7-12)29-10-28-13)21-17(26)9-30-19-23-22-18(14-3-2-6-27-14)24(19)8-16(20)25/h2-7,11H,8-10H2,1H3,(H2,20,25)(H,21,26)/t11-/m1/s1. The molecule has 30 heavy (non-hydrogen) atoms. The van der Waals surface area contributed by atoms with Crippen LogP contribution in [0, 0.1) is 0 Å². The summed E-state index contributed by atoms with van der Waals surface area (Å²) in [6.45, 7) is 1.95. The molecular formula is C19H19N5O5S. The lowest BCUT2D eigenvalue weighted by Crippen LogP contribution is -2.28. The van der Waals surface area contributed by atoms with Crippen molar-refractivity contribution in [1.29, 1.82) is 0 Å². The Morgan fingerprint density at radius 3 is 2.87 bits per heavy atom. The van der Waals surface area contributed by atoms with Gasteiger partial charge in [-0.1, -0.05) is 17.8 Å². The van der Waals surface area contributed by atoms with E-state index >= 15 is 0 Å². The van der Waals surface area contributed by atoms with Crippen LogP contribution in [-0.4, -0.2) is 39.1 Å². The van der Waals surface area contributed by atoms with Crippen LogP contribution >= 0.6 is 11.8 Å². The molecule has 0 saturated heterocycles. The lowest BCUT2D eigenvalue weighted by Gasteiger charge is -2.14. The van der Waals surface area contributed by atoms with E-state index in [1.165, 1.54) is 10.8 Å². The van der Waals surface area contributed by atoms with E-state index in [0.29, 0.717) is 28.2 Å². The first-order valence-electron chi connectivity index (χ1n) is 9.08. The van der Waals surface area contributed by atoms with Gasteiger partial charge >= 0.3 is 0 Å². The molecule has 3 heterocycles. The molecule has 1 aliphatic rings. The van der Waals surface area contributed by atoms with Crippen molar-refractivity contribution >= 4 is 23.6 Å². The second-order valence-electron chi connectivity index (χ2n) is 6.53. The zero-order valence-electron chi connectivity index (χ0n) is 16.0. The molecule has 0 bridgehead atoms. The molecule has 4 rings (SSSR count). The average Bonchev–Trinajstić information content (AvgIpc) is 3.46. The molecule has 156 valence electrons. The molecule has 1 atom stereocenters. The predicted molar refractivity (Wildman–Crippen MR) is 107 cm³/mol. The van der Waals surface area contributed by atoms with Crippen LogP contribution in [-0.2, 0) is 16.1 Å². The lowest BCUT2D eigenvalue weighted by atomic mass is 10.1. The van der Waals surface area contributed by atoms with Gasteiger partial charge in [0.1, 0.15) is 6.54 Å². The highest BCUT2D eigenvalue weighted by atomic mass is 32.2. The van der Waals surface area contributed by atoms with Crippen molar-refractivity contribution in [1.82, 2.24) is 20.1 Å². The van der Waals surface area contributed by atoms with Crippen LogP contribution < -0.4 is 20.5 Å². The molecule has 0 spiro atoms. The number of aromatic nitrogens is 3. The first kappa shape index (κ1) is 19.8. The van der Waals surface area contributed by atoms with Crippen molar-refractivity contribution in [2.75, 3.05) is 12.5 Å². The van der Waals surface area contributed by atoms with Gasteiger partial charge in [0.2, 0.25) is 24.4 Å². The molecule has 0 aliphatic carbocycles. The minimum absolute atomic E-state index is 0.0872. The van der Waals surface area contributed by atoms with Crippen LogP contribution in [0.3, 0.4) is 0 Å². The molecule has 2 amide bonds. The van der Waals surface area contributed by atoms with Gasteiger partial charge in [0, 0.05) is 0 Å². The Kier molecular flexibility index (Phi) is 5.61. The Hall–Kier alpha value is -3.47. The van der Waals surface area contributed by atoms with Crippen LogP contribution in [0.4, 0.5) is 0 Å². The highest BCUT2D eigenvalue weighted by molar-refractivity contribution is 7.99. The zero-order valence-corrected chi connectivity index (χ0v) is 16.8. The Morgan fingerprint density at radius 1 is 1.27 bits per heavy atom. The van der Waals surface area contributed by atoms with Gasteiger partial charge in [-0.2, -0.15) is 0 Å². The summed E-state index contributed by atoms with van der Waals surface area (Å²) in [5, 5.41) is 11.5. The van der Waals surface area contributed by atoms with Crippen molar-refractivity contribution in [3.05, 3.63) is 42.2 Å². The van der Waals surface area contributed by atoms with Gasteiger partial charge in [0.15, 0.2) is 22.4 Å². The SMILES string of the molecule is C[C@@H](NC(=O)CSc1nnc(-c2ccco2)n1CC(N)=O)c1ccc2c(c1)OCO2. The van der Waals surface area contributed by atoms with E-state index in [9.17, 15) is 9.59 Å². The monoisotopic (exact) mass is 429 g/mol. The third kappa shape index (κ3) is 4.25. The number of carbonyl (C=O) groups is 2. The molecule has 1 aliphatic heterocycles. The van der Waals surface area contributed by atoms with Crippen molar-refractivity contribution in [2.24, 2.45) is 5.73 Å². The van der Waals surface area contributed by atoms with Crippen LogP contribution in [0.1, 0.15) is 18.5 Å². The maximum Gasteiger partial charge on any atom is 0.237 e. The smallest absolute Gasteiger partial charge is 0.237 e. The highest BCUT2D eigenvalue weighted by Crippen LogP contribution is 2.34. The maximum atomic E-state index is 12.4. The highest BCUT2D eigenvalue weighted by Gasteiger charge is 2.20. The van der Waals surface area contributed by atoms with E-state index in [4.69, 9.17) is 19.6 Å². The number of hydrogen-bond donors (Lipinski definition) is 2. The van der Waals surface area contributed by atoms with E-state index in [1.54, 1.807) is 12.1 Å². The van der Waals surface area contributed by atoms with E-state index < -0.39 is 5.91 Å². The number of thioether (sulfide) groups is 1. The molecule has 3 N–H and O–H groups in total. The quantitative estimate of drug-likeness (QED) is 0.517. The first-order chi connectivity index (χ1) is 14.5. The number of ether oxygens (including phenoxy) is 2. The molecule has 0 radical (unpaired) electrons. The summed E-state index contributed by atoms with van der Waals surface area (Å²) >= 11 is 1.16. The fourth-order valence-electron chi connectivity index (χ4n) is 2.96. The number of rotatable bonds is 8. The molecule has 0 saturated carbocycles. The summed E-state index contributed by atoms with van der Waals surface area (Å²) in [6, 6.07) is 8.73. The topological polar surface area (TPSA) is 135 Å². The minimum atomic E-state index is -0.551. The van der Waals surface area contributed by atoms with Gasteiger partial charge < -0.3 is 24.9 Å². The second kappa shape index (κ2) is 8.49. The van der Waals surface area contributed by atoms with Gasteiger partial charge in [0.25, 0.3) is 0 Å². The van der Waals surface area contributed by atoms with E-state index in [-0.39, 0.29) is 31.0 Å². The van der Waals surface area contributed by atoms with Gasteiger partial charge in [0.05, 0.1) is 18.1 Å². The summed E-state index contributed by atoms with van der Waals surface area (Å²) in [6.07, 6.45) is 1.50. The zero-order chi connectivity index (χ0) is 21.1. The van der Waals surface area contributed by atoms with Gasteiger partial charge in [-0.15, -0.1) is 10.2 Å². The number of primary amides is 1. The van der Waals surface area contributed by atoms with E-state index in [2.05, 4.69) is 15.5 Å². The number of fused-ring (bicyclic) bond motifs is 1. The minimum Gasteiger partial charge on any atom is -0.461 e. The van der Waals surface area contributed by atoms with Crippen LogP contribution in [0.25, 0.3) is 11.6 Å². The average molecular weight is 429 g/mol. The summed E-state index contributed by atoms with van der Waals surface area (Å²) < 4.78 is 17.5. The second-order valence-corrected chi connectivity index (χ2v) is 7.47. The number of hydrogen-bond acceptors (Lipinski definition) is 8. The normalized spacial score (nSPS) is 13.2. The number of carbonyl (C=O) groups excluding carboxylic acids is 2. The van der Waals surface area contributed by atoms with E-state index in [1.807, 2.05) is 25.1 Å². The first-order valence-corrected chi connectivity index (χ1v) is 10.1. The number of nitrogens with zero attached hydrogens (tertiary/aromatic N) is 3. The molecule has 10 nitrogen and oxygen atoms in total. The molecule has 11 heteroatoms. The fourth-order valence-corrected chi connectivity index (χ4v) is 3.71. The van der Waals surface area contributed by atoms with Crippen LogP contribution in [0.15, 0.2) is 46.2 Å². The van der Waals surface area contributed by atoms with Gasteiger partial charge in [-0.3, -0.25) is 14.2 Å². The van der Waals surface area contributed by atoms with Crippen molar-refractivity contribution in [3.8, 4) is 23.1 Å². The molecular weight excluding hydrogens is 410 g/mol. The molecule has 1 aromatic carbocycles. The van der Waals surface area contributed by atoms with Crippen molar-refractivity contribution in [2.45, 2.75) is 24.7 Å².